The molecule has 0 bridgehead atoms. The molecule has 0 spiro atoms. The van der Waals surface area contributed by atoms with Crippen LogP contribution in [0.1, 0.15) is 13.8 Å². The number of rotatable bonds is 4. The summed E-state index contributed by atoms with van der Waals surface area (Å²) in [7, 11) is -2.08. The molecule has 0 aromatic heterocycles. The second kappa shape index (κ2) is 5.33. The summed E-state index contributed by atoms with van der Waals surface area (Å²) in [5.74, 6) is 0. The molecule has 0 aliphatic rings. The van der Waals surface area contributed by atoms with Crippen molar-refractivity contribution in [3.05, 3.63) is 0 Å². The summed E-state index contributed by atoms with van der Waals surface area (Å²) in [4.78, 5) is 0. The lowest BCUT2D eigenvalue weighted by Gasteiger charge is -2.07. The van der Waals surface area contributed by atoms with Gasteiger partial charge in [0.25, 0.3) is 0 Å². The van der Waals surface area contributed by atoms with Crippen LogP contribution in [0.5, 0.6) is 0 Å². The van der Waals surface area contributed by atoms with E-state index in [0.717, 1.165) is 13.1 Å². The predicted octanol–water partition coefficient (Wildman–Crippen LogP) is 3.90. The predicted molar refractivity (Wildman–Crippen MR) is 61.5 cm³/mol. The zero-order chi connectivity index (χ0) is 9.78. The largest absolute Gasteiger partial charge is 0.407 e. The Balaban J connectivity index is 4.34. The summed E-state index contributed by atoms with van der Waals surface area (Å²) < 4.78 is 6.86. The lowest BCUT2D eigenvalue weighted by molar-refractivity contribution is 0.517. The Morgan fingerprint density at radius 3 is 1.92 bits per heavy atom. The minimum absolute atomic E-state index is 0.740. The van der Waals surface area contributed by atoms with Crippen molar-refractivity contribution in [2.24, 2.45) is 4.41 Å². The molecule has 0 fully saturated rings. The molecule has 0 saturated heterocycles. The molecular formula is C7H19ClN2PSi+. The number of nitrogens with zero attached hydrogens (tertiary/aromatic N) is 2. The first kappa shape index (κ1) is 12.6. The van der Waals surface area contributed by atoms with Gasteiger partial charge in [0.2, 0.25) is 19.5 Å². The van der Waals surface area contributed by atoms with Crippen LogP contribution in [0.15, 0.2) is 4.41 Å². The normalized spacial score (nSPS) is 14.1. The van der Waals surface area contributed by atoms with Gasteiger partial charge in [-0.2, -0.15) is 0 Å². The average molecular weight is 226 g/mol. The van der Waals surface area contributed by atoms with Crippen LogP contribution in [0, 0.1) is 0 Å². The van der Waals surface area contributed by atoms with Crippen molar-refractivity contribution in [1.82, 2.24) is 4.67 Å². The Morgan fingerprint density at radius 1 is 1.25 bits per heavy atom. The number of hydrogen-bond acceptors (Lipinski definition) is 1. The van der Waals surface area contributed by atoms with Crippen LogP contribution >= 0.6 is 18.5 Å². The Kier molecular flexibility index (Phi) is 5.58. The Bertz CT molecular complexity index is 163. The van der Waals surface area contributed by atoms with Gasteiger partial charge in [-0.25, -0.2) is 0 Å². The first-order valence-electron chi connectivity index (χ1n) is 4.34. The molecule has 0 aliphatic carbocycles. The second-order valence-corrected chi connectivity index (χ2v) is 10.7. The summed E-state index contributed by atoms with van der Waals surface area (Å²) in [6.07, 6.45) is 0. The molecular weight excluding hydrogens is 207 g/mol. The zero-order valence-electron chi connectivity index (χ0n) is 8.63. The van der Waals surface area contributed by atoms with Crippen LogP contribution in [-0.4, -0.2) is 26.0 Å². The molecule has 0 aromatic carbocycles. The molecule has 1 unspecified atom stereocenters. The molecule has 2 nitrogen and oxygen atoms in total. The fraction of sp³-hybridized carbons (Fsp3) is 1.00. The molecule has 0 aromatic rings. The standard InChI is InChI=1S/C7H19ClN2PSi/c1-6-10(7-2)11(8)9-12(3,4)5/h6-7H2,1-5H3/q+1. The molecule has 0 radical (unpaired) electrons. The van der Waals surface area contributed by atoms with Crippen LogP contribution in [0.25, 0.3) is 0 Å². The Morgan fingerprint density at radius 2 is 1.67 bits per heavy atom. The van der Waals surface area contributed by atoms with Crippen molar-refractivity contribution in [3.63, 3.8) is 0 Å². The van der Waals surface area contributed by atoms with Gasteiger partial charge < -0.3 is 0 Å². The topological polar surface area (TPSA) is 15.6 Å². The van der Waals surface area contributed by atoms with Crippen molar-refractivity contribution in [3.8, 4) is 0 Å². The van der Waals surface area contributed by atoms with Crippen LogP contribution in [0.4, 0.5) is 0 Å². The maximum atomic E-state index is 6.19. The van der Waals surface area contributed by atoms with E-state index in [1.807, 2.05) is 0 Å². The highest BCUT2D eigenvalue weighted by Gasteiger charge is 2.25. The van der Waals surface area contributed by atoms with Gasteiger partial charge in [-0.15, -0.1) is 4.41 Å². The first-order valence-corrected chi connectivity index (χ1v) is 9.94. The summed E-state index contributed by atoms with van der Waals surface area (Å²) in [5, 5.41) is 0. The third-order valence-electron chi connectivity index (χ3n) is 1.35. The fourth-order valence-corrected chi connectivity index (χ4v) is 6.40. The molecule has 0 saturated carbocycles. The maximum Gasteiger partial charge on any atom is 0.407 e. The summed E-state index contributed by atoms with van der Waals surface area (Å²) >= 11 is 6.19. The SMILES string of the molecule is CCN(CC)[P+](Cl)=N[Si](C)(C)C. The van der Waals surface area contributed by atoms with Gasteiger partial charge in [0.1, 0.15) is 0 Å². The smallest absolute Gasteiger partial charge is 0.126 e. The van der Waals surface area contributed by atoms with Gasteiger partial charge in [-0.3, -0.25) is 0 Å². The van der Waals surface area contributed by atoms with Gasteiger partial charge in [-0.05, 0) is 33.5 Å². The van der Waals surface area contributed by atoms with Crippen LogP contribution < -0.4 is 0 Å². The Labute approximate surface area is 82.7 Å². The zero-order valence-corrected chi connectivity index (χ0v) is 11.3. The van der Waals surface area contributed by atoms with Crippen molar-refractivity contribution >= 4 is 26.7 Å². The lowest BCUT2D eigenvalue weighted by Crippen LogP contribution is -2.18. The van der Waals surface area contributed by atoms with E-state index in [0.29, 0.717) is 0 Å². The van der Waals surface area contributed by atoms with E-state index in [9.17, 15) is 0 Å². The van der Waals surface area contributed by atoms with Gasteiger partial charge >= 0.3 is 7.22 Å². The van der Waals surface area contributed by atoms with Crippen molar-refractivity contribution < 1.29 is 0 Å². The molecule has 72 valence electrons. The molecule has 1 atom stereocenters. The van der Waals surface area contributed by atoms with Gasteiger partial charge in [0.05, 0.1) is 0 Å². The maximum absolute atomic E-state index is 6.19. The van der Waals surface area contributed by atoms with Crippen molar-refractivity contribution in [2.45, 2.75) is 33.5 Å². The minimum Gasteiger partial charge on any atom is -0.126 e. The molecule has 0 heterocycles. The second-order valence-electron chi connectivity index (χ2n) is 3.65. The molecule has 0 aliphatic heterocycles. The molecule has 12 heavy (non-hydrogen) atoms. The third kappa shape index (κ3) is 5.25. The highest BCUT2D eigenvalue weighted by Crippen LogP contribution is 2.38. The van der Waals surface area contributed by atoms with Crippen LogP contribution in [-0.2, 0) is 0 Å². The monoisotopic (exact) mass is 225 g/mol. The van der Waals surface area contributed by atoms with Crippen LogP contribution in [0.2, 0.25) is 19.6 Å². The van der Waals surface area contributed by atoms with Crippen molar-refractivity contribution in [2.75, 3.05) is 13.1 Å². The van der Waals surface area contributed by atoms with Crippen LogP contribution in [0.3, 0.4) is 0 Å². The first-order chi connectivity index (χ1) is 5.40. The minimum atomic E-state index is -1.34. The van der Waals surface area contributed by atoms with E-state index in [2.05, 4.69) is 42.6 Å². The van der Waals surface area contributed by atoms with Gasteiger partial charge in [-0.1, -0.05) is 4.67 Å². The summed E-state index contributed by atoms with van der Waals surface area (Å²) in [6, 6.07) is 0. The van der Waals surface area contributed by atoms with Gasteiger partial charge in [0, 0.05) is 13.1 Å². The fourth-order valence-electron chi connectivity index (χ4n) is 0.768. The summed E-state index contributed by atoms with van der Waals surface area (Å²) in [5.41, 5.74) is 0. The number of hydrogen-bond donors (Lipinski definition) is 0. The Hall–Kier alpha value is 0.567. The molecule has 0 rings (SSSR count). The van der Waals surface area contributed by atoms with E-state index in [1.54, 1.807) is 0 Å². The van der Waals surface area contributed by atoms with E-state index >= 15 is 0 Å². The third-order valence-corrected chi connectivity index (χ3v) is 6.76. The highest BCUT2D eigenvalue weighted by molar-refractivity contribution is 7.74. The quantitative estimate of drug-likeness (QED) is 0.524. The summed E-state index contributed by atoms with van der Waals surface area (Å²) in [6.45, 7) is 12.9. The molecule has 0 amide bonds. The van der Waals surface area contributed by atoms with Gasteiger partial charge in [0.15, 0.2) is 0 Å². The van der Waals surface area contributed by atoms with Crippen molar-refractivity contribution in [1.29, 1.82) is 0 Å². The van der Waals surface area contributed by atoms with E-state index in [1.165, 1.54) is 0 Å². The highest BCUT2D eigenvalue weighted by atomic mass is 35.7. The molecule has 5 heteroatoms. The molecule has 0 N–H and O–H groups in total. The average Bonchev–Trinajstić information content (AvgIpc) is 1.85. The van der Waals surface area contributed by atoms with E-state index in [-0.39, 0.29) is 0 Å². The lowest BCUT2D eigenvalue weighted by atomic mass is 10.7. The number of halogens is 1. The van der Waals surface area contributed by atoms with E-state index in [4.69, 9.17) is 11.2 Å². The van der Waals surface area contributed by atoms with E-state index < -0.39 is 15.5 Å².